The van der Waals surface area contributed by atoms with Crippen LogP contribution in [0.15, 0.2) is 18.3 Å². The van der Waals surface area contributed by atoms with Crippen molar-refractivity contribution in [3.8, 4) is 0 Å². The number of aromatic nitrogens is 1. The molecule has 1 aliphatic rings. The first-order valence-corrected chi connectivity index (χ1v) is 8.07. The zero-order valence-electron chi connectivity index (χ0n) is 11.9. The Morgan fingerprint density at radius 3 is 3.10 bits per heavy atom. The lowest BCUT2D eigenvalue weighted by Gasteiger charge is -2.36. The fourth-order valence-electron chi connectivity index (χ4n) is 2.34. The fourth-order valence-corrected chi connectivity index (χ4v) is 3.40. The Morgan fingerprint density at radius 2 is 2.38 bits per heavy atom. The fraction of sp³-hybridized carbons (Fsp3) is 0.500. The maximum atomic E-state index is 11.8. The zero-order valence-corrected chi connectivity index (χ0v) is 12.7. The van der Waals surface area contributed by atoms with Gasteiger partial charge in [0.1, 0.15) is 5.69 Å². The van der Waals surface area contributed by atoms with Crippen molar-refractivity contribution >= 4 is 29.3 Å². The molecule has 0 saturated carbocycles. The molecule has 0 bridgehead atoms. The first kappa shape index (κ1) is 15.6. The number of hydrogen-bond donors (Lipinski definition) is 2. The zero-order chi connectivity index (χ0) is 15.2. The van der Waals surface area contributed by atoms with E-state index in [2.05, 4.69) is 15.2 Å². The third-order valence-electron chi connectivity index (χ3n) is 3.28. The number of rotatable bonds is 5. The second-order valence-electron chi connectivity index (χ2n) is 4.78. The molecule has 1 aromatic rings. The summed E-state index contributed by atoms with van der Waals surface area (Å²) in [5.41, 5.74) is 1.22. The minimum Gasteiger partial charge on any atom is -0.481 e. The molecule has 1 atom stereocenters. The molecule has 2 heterocycles. The van der Waals surface area contributed by atoms with Gasteiger partial charge in [0, 0.05) is 42.5 Å². The summed E-state index contributed by atoms with van der Waals surface area (Å²) < 4.78 is 0. The lowest BCUT2D eigenvalue weighted by atomic mass is 10.1. The molecular formula is C14H19N3O3S. The molecule has 0 spiro atoms. The molecule has 1 unspecified atom stereocenters. The molecule has 114 valence electrons. The smallest absolute Gasteiger partial charge is 0.305 e. The van der Waals surface area contributed by atoms with Gasteiger partial charge in [-0.2, -0.15) is 11.8 Å². The van der Waals surface area contributed by atoms with E-state index in [-0.39, 0.29) is 18.4 Å². The van der Waals surface area contributed by atoms with Crippen LogP contribution in [0.25, 0.3) is 0 Å². The van der Waals surface area contributed by atoms with Gasteiger partial charge in [0.25, 0.3) is 5.91 Å². The number of hydrogen-bond acceptors (Lipinski definition) is 5. The van der Waals surface area contributed by atoms with Gasteiger partial charge in [-0.1, -0.05) is 0 Å². The number of carbonyl (C=O) groups is 2. The Hall–Kier alpha value is -1.76. The Bertz CT molecular complexity index is 524. The molecule has 2 rings (SSSR count). The average Bonchev–Trinajstić information content (AvgIpc) is 2.47. The van der Waals surface area contributed by atoms with Crippen LogP contribution < -0.4 is 10.2 Å². The summed E-state index contributed by atoms with van der Waals surface area (Å²) >= 11 is 1.76. The van der Waals surface area contributed by atoms with Crippen LogP contribution >= 0.6 is 11.8 Å². The first-order valence-electron chi connectivity index (χ1n) is 6.92. The Kier molecular flexibility index (Phi) is 5.44. The van der Waals surface area contributed by atoms with Gasteiger partial charge in [0.15, 0.2) is 0 Å². The molecule has 0 radical (unpaired) electrons. The highest BCUT2D eigenvalue weighted by molar-refractivity contribution is 7.99. The second-order valence-corrected chi connectivity index (χ2v) is 5.93. The largest absolute Gasteiger partial charge is 0.481 e. The van der Waals surface area contributed by atoms with Crippen molar-refractivity contribution in [2.45, 2.75) is 19.4 Å². The lowest BCUT2D eigenvalue weighted by Crippen LogP contribution is -2.43. The van der Waals surface area contributed by atoms with E-state index < -0.39 is 5.97 Å². The molecule has 7 heteroatoms. The molecule has 1 fully saturated rings. The van der Waals surface area contributed by atoms with Gasteiger partial charge in [0.2, 0.25) is 0 Å². The number of thioether (sulfide) groups is 1. The number of amides is 1. The van der Waals surface area contributed by atoms with Crippen LogP contribution in [0.5, 0.6) is 0 Å². The van der Waals surface area contributed by atoms with Crippen LogP contribution in [0, 0.1) is 0 Å². The monoisotopic (exact) mass is 309 g/mol. The Labute approximate surface area is 127 Å². The van der Waals surface area contributed by atoms with Gasteiger partial charge < -0.3 is 15.3 Å². The SMILES string of the molecule is CCNC(=O)c1cc(N2CCSCC2CC(=O)O)ccn1. The third kappa shape index (κ3) is 4.10. The lowest BCUT2D eigenvalue weighted by molar-refractivity contribution is -0.137. The van der Waals surface area contributed by atoms with Crippen molar-refractivity contribution < 1.29 is 14.7 Å². The normalized spacial score (nSPS) is 18.3. The van der Waals surface area contributed by atoms with E-state index in [1.54, 1.807) is 24.0 Å². The highest BCUT2D eigenvalue weighted by atomic mass is 32.2. The van der Waals surface area contributed by atoms with Crippen molar-refractivity contribution in [1.29, 1.82) is 0 Å². The minimum absolute atomic E-state index is 0.0502. The average molecular weight is 309 g/mol. The van der Waals surface area contributed by atoms with Crippen LogP contribution in [0.1, 0.15) is 23.8 Å². The van der Waals surface area contributed by atoms with Crippen molar-refractivity contribution in [3.05, 3.63) is 24.0 Å². The third-order valence-corrected chi connectivity index (χ3v) is 4.37. The molecule has 1 aliphatic heterocycles. The number of nitrogens with one attached hydrogen (secondary N) is 1. The molecule has 1 amide bonds. The van der Waals surface area contributed by atoms with Gasteiger partial charge in [0.05, 0.1) is 6.42 Å². The molecule has 2 N–H and O–H groups in total. The van der Waals surface area contributed by atoms with E-state index in [9.17, 15) is 9.59 Å². The highest BCUT2D eigenvalue weighted by Gasteiger charge is 2.25. The molecule has 21 heavy (non-hydrogen) atoms. The van der Waals surface area contributed by atoms with Gasteiger partial charge in [-0.15, -0.1) is 0 Å². The number of pyridine rings is 1. The standard InChI is InChI=1S/C14H19N3O3S/c1-2-15-14(20)12-7-10(3-4-16-12)17-5-6-21-9-11(17)8-13(18)19/h3-4,7,11H,2,5-6,8-9H2,1H3,(H,15,20)(H,18,19). The summed E-state index contributed by atoms with van der Waals surface area (Å²) in [5.74, 6) is 0.728. The van der Waals surface area contributed by atoms with Gasteiger partial charge >= 0.3 is 5.97 Å². The summed E-state index contributed by atoms with van der Waals surface area (Å²) in [4.78, 5) is 29.0. The van der Waals surface area contributed by atoms with E-state index in [1.807, 2.05) is 13.0 Å². The van der Waals surface area contributed by atoms with E-state index in [0.29, 0.717) is 12.2 Å². The van der Waals surface area contributed by atoms with Crippen LogP contribution in [0.2, 0.25) is 0 Å². The predicted octanol–water partition coefficient (Wildman–Crippen LogP) is 1.23. The second kappa shape index (κ2) is 7.31. The summed E-state index contributed by atoms with van der Waals surface area (Å²) in [6.45, 7) is 3.18. The van der Waals surface area contributed by atoms with E-state index >= 15 is 0 Å². The summed E-state index contributed by atoms with van der Waals surface area (Å²) in [6, 6.07) is 3.51. The van der Waals surface area contributed by atoms with Crippen LogP contribution in [-0.4, -0.2) is 52.6 Å². The van der Waals surface area contributed by atoms with E-state index in [1.165, 1.54) is 0 Å². The Balaban J connectivity index is 2.20. The maximum Gasteiger partial charge on any atom is 0.305 e. The van der Waals surface area contributed by atoms with Gasteiger partial charge in [-0.25, -0.2) is 0 Å². The van der Waals surface area contributed by atoms with Crippen molar-refractivity contribution in [2.24, 2.45) is 0 Å². The summed E-state index contributed by atoms with van der Waals surface area (Å²) in [6.07, 6.45) is 1.70. The molecule has 0 aliphatic carbocycles. The number of carboxylic acid groups (broad SMARTS) is 1. The number of carbonyl (C=O) groups excluding carboxylic acids is 1. The minimum atomic E-state index is -0.800. The molecule has 1 saturated heterocycles. The molecular weight excluding hydrogens is 290 g/mol. The Morgan fingerprint density at radius 1 is 1.57 bits per heavy atom. The van der Waals surface area contributed by atoms with Crippen molar-refractivity contribution in [1.82, 2.24) is 10.3 Å². The quantitative estimate of drug-likeness (QED) is 0.851. The van der Waals surface area contributed by atoms with E-state index in [0.717, 1.165) is 23.7 Å². The number of nitrogens with zero attached hydrogens (tertiary/aromatic N) is 2. The molecule has 0 aromatic carbocycles. The predicted molar refractivity (Wildman–Crippen MR) is 83.0 cm³/mol. The summed E-state index contributed by atoms with van der Waals surface area (Å²) in [5, 5.41) is 11.7. The van der Waals surface area contributed by atoms with Crippen LogP contribution in [-0.2, 0) is 4.79 Å². The number of carboxylic acids is 1. The van der Waals surface area contributed by atoms with Gasteiger partial charge in [-0.3, -0.25) is 14.6 Å². The highest BCUT2D eigenvalue weighted by Crippen LogP contribution is 2.26. The van der Waals surface area contributed by atoms with Crippen LogP contribution in [0.4, 0.5) is 5.69 Å². The van der Waals surface area contributed by atoms with Crippen LogP contribution in [0.3, 0.4) is 0 Å². The number of aliphatic carboxylic acids is 1. The van der Waals surface area contributed by atoms with E-state index in [4.69, 9.17) is 5.11 Å². The maximum absolute atomic E-state index is 11.8. The molecule has 1 aromatic heterocycles. The summed E-state index contributed by atoms with van der Waals surface area (Å²) in [7, 11) is 0. The number of anilines is 1. The van der Waals surface area contributed by atoms with Crippen molar-refractivity contribution in [3.63, 3.8) is 0 Å². The van der Waals surface area contributed by atoms with Gasteiger partial charge in [-0.05, 0) is 19.1 Å². The molecule has 6 nitrogen and oxygen atoms in total. The topological polar surface area (TPSA) is 82.5 Å². The van der Waals surface area contributed by atoms with Crippen molar-refractivity contribution in [2.75, 3.05) is 29.5 Å². The first-order chi connectivity index (χ1) is 10.1.